The van der Waals surface area contributed by atoms with Crippen LogP contribution in [0.1, 0.15) is 0 Å². The van der Waals surface area contributed by atoms with Crippen LogP contribution in [0, 0.1) is 0 Å². The number of aromatic nitrogens is 4. The molecule has 35 heavy (non-hydrogen) atoms. The van der Waals surface area contributed by atoms with Gasteiger partial charge in [0.05, 0.1) is 16.7 Å². The molecule has 4 aromatic carbocycles. The third kappa shape index (κ3) is 3.19. The van der Waals surface area contributed by atoms with Crippen LogP contribution in [0.5, 0.6) is 5.75 Å². The van der Waals surface area contributed by atoms with Gasteiger partial charge in [0.15, 0.2) is 0 Å². The Hall–Kier alpha value is -3.95. The molecule has 0 saturated heterocycles. The fourth-order valence-electron chi connectivity index (χ4n) is 4.92. The molecule has 5 nitrogen and oxygen atoms in total. The second kappa shape index (κ2) is 8.07. The van der Waals surface area contributed by atoms with Crippen molar-refractivity contribution in [2.45, 2.75) is 0 Å². The summed E-state index contributed by atoms with van der Waals surface area (Å²) in [6.45, 7) is 0. The van der Waals surface area contributed by atoms with Crippen LogP contribution in [-0.2, 0) is 28.1 Å². The minimum Gasteiger partial charge on any atom is -0.656 e. The molecular formula is C29H19N4OPt-. The quantitative estimate of drug-likeness (QED) is 0.239. The Balaban J connectivity index is 0.00000229. The number of imidazole rings is 1. The number of aromatic hydroxyl groups is 1. The van der Waals surface area contributed by atoms with Crippen molar-refractivity contribution in [2.24, 2.45) is 7.05 Å². The first kappa shape index (κ1) is 21.6. The minimum atomic E-state index is 0. The zero-order chi connectivity index (χ0) is 22.8. The number of phenolic OH excluding ortho intramolecular Hbond substituents is 1. The Morgan fingerprint density at radius 1 is 0.714 bits per heavy atom. The van der Waals surface area contributed by atoms with Gasteiger partial charge in [-0.15, -0.1) is 11.0 Å². The van der Waals surface area contributed by atoms with Gasteiger partial charge in [0.2, 0.25) is 0 Å². The maximum absolute atomic E-state index is 10.3. The molecular weight excluding hydrogens is 615 g/mol. The van der Waals surface area contributed by atoms with Crippen LogP contribution in [0.4, 0.5) is 0 Å². The average Bonchev–Trinajstić information content (AvgIpc) is 3.42. The smallest absolute Gasteiger partial charge is 0.141 e. The van der Waals surface area contributed by atoms with E-state index in [9.17, 15) is 5.11 Å². The van der Waals surface area contributed by atoms with Crippen molar-refractivity contribution in [1.29, 1.82) is 0 Å². The SMILES string of the molecule is Cn1c(-c2cccc3c2[n-]c2ccccc23)nc2c(-c3ccc4cccc(O)c4n3)cccc21.[Pt]. The van der Waals surface area contributed by atoms with E-state index in [1.165, 1.54) is 0 Å². The van der Waals surface area contributed by atoms with E-state index in [2.05, 4.69) is 34.9 Å². The van der Waals surface area contributed by atoms with E-state index in [-0.39, 0.29) is 26.8 Å². The van der Waals surface area contributed by atoms with Crippen LogP contribution in [-0.4, -0.2) is 19.6 Å². The molecule has 0 radical (unpaired) electrons. The molecule has 0 amide bonds. The zero-order valence-electron chi connectivity index (χ0n) is 18.7. The van der Waals surface area contributed by atoms with Crippen molar-refractivity contribution >= 4 is 43.7 Å². The van der Waals surface area contributed by atoms with Crippen LogP contribution in [0.15, 0.2) is 91.0 Å². The summed E-state index contributed by atoms with van der Waals surface area (Å²) >= 11 is 0. The Kier molecular flexibility index (Phi) is 4.97. The molecule has 0 aliphatic heterocycles. The molecule has 3 heterocycles. The van der Waals surface area contributed by atoms with Gasteiger partial charge in [0.1, 0.15) is 17.1 Å². The molecule has 0 fully saturated rings. The number of para-hydroxylation sites is 4. The van der Waals surface area contributed by atoms with Crippen molar-refractivity contribution in [2.75, 3.05) is 0 Å². The van der Waals surface area contributed by atoms with Crippen LogP contribution >= 0.6 is 0 Å². The predicted octanol–water partition coefficient (Wildman–Crippen LogP) is 6.42. The molecule has 7 aromatic rings. The molecule has 1 N–H and O–H groups in total. The van der Waals surface area contributed by atoms with Crippen molar-refractivity contribution < 1.29 is 26.2 Å². The van der Waals surface area contributed by atoms with Gasteiger partial charge in [-0.2, -0.15) is 0 Å². The molecule has 6 heteroatoms. The summed E-state index contributed by atoms with van der Waals surface area (Å²) in [5.41, 5.74) is 7.13. The number of hydrogen-bond donors (Lipinski definition) is 1. The summed E-state index contributed by atoms with van der Waals surface area (Å²) in [6, 6.07) is 30.0. The van der Waals surface area contributed by atoms with Gasteiger partial charge in [-0.05, 0) is 29.0 Å². The zero-order valence-corrected chi connectivity index (χ0v) is 21.0. The normalized spacial score (nSPS) is 11.5. The van der Waals surface area contributed by atoms with Gasteiger partial charge < -0.3 is 14.7 Å². The topological polar surface area (TPSA) is 65.0 Å². The monoisotopic (exact) mass is 634 g/mol. The Bertz CT molecular complexity index is 1900. The first-order valence-corrected chi connectivity index (χ1v) is 11.2. The van der Waals surface area contributed by atoms with E-state index in [1.54, 1.807) is 6.07 Å². The molecule has 0 unspecified atom stereocenters. The van der Waals surface area contributed by atoms with Crippen LogP contribution in [0.3, 0.4) is 0 Å². The van der Waals surface area contributed by atoms with Gasteiger partial charge in [0, 0.05) is 44.6 Å². The van der Waals surface area contributed by atoms with Crippen LogP contribution in [0.2, 0.25) is 0 Å². The molecule has 172 valence electrons. The van der Waals surface area contributed by atoms with Gasteiger partial charge in [-0.25, -0.2) is 9.97 Å². The molecule has 0 aliphatic rings. The van der Waals surface area contributed by atoms with Crippen molar-refractivity contribution in [3.05, 3.63) is 91.0 Å². The Morgan fingerprint density at radius 3 is 2.40 bits per heavy atom. The summed E-state index contributed by atoms with van der Waals surface area (Å²) in [6.07, 6.45) is 0. The average molecular weight is 635 g/mol. The number of fused-ring (bicyclic) bond motifs is 5. The third-order valence-corrected chi connectivity index (χ3v) is 6.59. The van der Waals surface area contributed by atoms with Gasteiger partial charge in [-0.1, -0.05) is 72.8 Å². The molecule has 3 aromatic heterocycles. The van der Waals surface area contributed by atoms with E-state index in [0.717, 1.165) is 60.9 Å². The summed E-state index contributed by atoms with van der Waals surface area (Å²) in [4.78, 5) is 14.8. The van der Waals surface area contributed by atoms with Gasteiger partial charge >= 0.3 is 0 Å². The maximum atomic E-state index is 10.3. The van der Waals surface area contributed by atoms with Crippen LogP contribution < -0.4 is 4.98 Å². The van der Waals surface area contributed by atoms with E-state index >= 15 is 0 Å². The van der Waals surface area contributed by atoms with Crippen molar-refractivity contribution in [3.8, 4) is 28.4 Å². The summed E-state index contributed by atoms with van der Waals surface area (Å²) in [5.74, 6) is 1.04. The third-order valence-electron chi connectivity index (χ3n) is 6.59. The number of aryl methyl sites for hydroxylation is 1. The first-order chi connectivity index (χ1) is 16.7. The number of rotatable bonds is 2. The summed E-state index contributed by atoms with van der Waals surface area (Å²) in [7, 11) is 2.04. The molecule has 0 spiro atoms. The summed E-state index contributed by atoms with van der Waals surface area (Å²) < 4.78 is 2.12. The molecule has 0 aliphatic carbocycles. The van der Waals surface area contributed by atoms with Crippen LogP contribution in [0.25, 0.3) is 66.4 Å². The number of benzene rings is 4. The molecule has 0 saturated carbocycles. The maximum Gasteiger partial charge on any atom is 0.141 e. The van der Waals surface area contributed by atoms with E-state index in [1.807, 2.05) is 61.6 Å². The second-order valence-electron chi connectivity index (χ2n) is 8.54. The number of nitrogens with zero attached hydrogens (tertiary/aromatic N) is 4. The number of hydrogen-bond acceptors (Lipinski definition) is 3. The fourth-order valence-corrected chi connectivity index (χ4v) is 4.92. The largest absolute Gasteiger partial charge is 0.656 e. The fraction of sp³-hybridized carbons (Fsp3) is 0.0345. The molecule has 0 bridgehead atoms. The summed E-state index contributed by atoms with van der Waals surface area (Å²) in [5, 5.41) is 13.5. The molecule has 0 atom stereocenters. The van der Waals surface area contributed by atoms with E-state index < -0.39 is 0 Å². The van der Waals surface area contributed by atoms with E-state index in [4.69, 9.17) is 15.0 Å². The second-order valence-corrected chi connectivity index (χ2v) is 8.54. The van der Waals surface area contributed by atoms with E-state index in [0.29, 0.717) is 5.52 Å². The molecule has 7 rings (SSSR count). The number of phenols is 1. The van der Waals surface area contributed by atoms with Gasteiger partial charge in [-0.3, -0.25) is 0 Å². The standard InChI is InChI=1S/C29H19N4O.Pt/c1-33-24-13-6-10-20(23-16-15-17-7-4-14-25(34)26(17)30-23)28(24)32-29(33)21-11-5-9-19-18-8-2-3-12-22(18)31-27(19)21;/h2-16H,1H3,(H-,30,31,32,34);/q-1;. The Morgan fingerprint density at radius 2 is 1.49 bits per heavy atom. The Labute approximate surface area is 215 Å². The van der Waals surface area contributed by atoms with Crippen molar-refractivity contribution in [1.82, 2.24) is 19.5 Å². The first-order valence-electron chi connectivity index (χ1n) is 11.2. The number of pyridine rings is 1. The van der Waals surface area contributed by atoms with Crippen molar-refractivity contribution in [3.63, 3.8) is 0 Å². The van der Waals surface area contributed by atoms with Gasteiger partial charge in [0.25, 0.3) is 0 Å². The minimum absolute atomic E-state index is 0. The predicted molar refractivity (Wildman–Crippen MR) is 137 cm³/mol.